The second-order valence-corrected chi connectivity index (χ2v) is 16.0. The first-order valence-electron chi connectivity index (χ1n) is 19.0. The van der Waals surface area contributed by atoms with Crippen LogP contribution in [0.1, 0.15) is 93.0 Å². The molecular weight excluding hydrogens is 627 g/mol. The van der Waals surface area contributed by atoms with Crippen LogP contribution in [0.3, 0.4) is 0 Å². The summed E-state index contributed by atoms with van der Waals surface area (Å²) in [6.07, 6.45) is 9.92. The molecule has 0 aromatic heterocycles. The first-order valence-corrected chi connectivity index (χ1v) is 19.0. The average Bonchev–Trinajstić information content (AvgIpc) is 3.46. The predicted octanol–water partition coefficient (Wildman–Crippen LogP) is 7.95. The molecule has 0 radical (unpaired) electrons. The topological polar surface area (TPSA) is 53.1 Å². The van der Waals surface area contributed by atoms with Gasteiger partial charge in [0.05, 0.1) is 0 Å². The number of piperazine rings is 1. The molecule has 4 aliphatic carbocycles. The summed E-state index contributed by atoms with van der Waals surface area (Å²) < 4.78 is 45.2. The molecule has 0 N–H and O–H groups in total. The van der Waals surface area contributed by atoms with Crippen molar-refractivity contribution in [2.24, 2.45) is 29.6 Å². The normalized spacial score (nSPS) is 31.0. The van der Waals surface area contributed by atoms with Gasteiger partial charge in [0.2, 0.25) is 5.91 Å². The van der Waals surface area contributed by atoms with Gasteiger partial charge in [-0.05, 0) is 116 Å². The fourth-order valence-electron chi connectivity index (χ4n) is 10.9. The zero-order valence-electron chi connectivity index (χ0n) is 28.5. The Morgan fingerprint density at radius 2 is 1.49 bits per heavy atom. The number of halogens is 3. The number of likely N-dealkylation sites (tertiary alicyclic amines) is 1. The van der Waals surface area contributed by atoms with Crippen LogP contribution in [-0.2, 0) is 11.2 Å². The fraction of sp³-hybridized carbons (Fsp3) is 0.650. The first kappa shape index (κ1) is 33.1. The number of nitrogens with zero attached hydrogens (tertiary/aromatic N) is 3. The van der Waals surface area contributed by atoms with Gasteiger partial charge in [0.25, 0.3) is 5.91 Å². The average molecular weight is 678 g/mol. The molecule has 8 rings (SSSR count). The summed E-state index contributed by atoms with van der Waals surface area (Å²) in [4.78, 5) is 33.4. The van der Waals surface area contributed by atoms with Gasteiger partial charge in [-0.2, -0.15) is 0 Å². The van der Waals surface area contributed by atoms with Crippen LogP contribution in [-0.4, -0.2) is 77.7 Å². The van der Waals surface area contributed by atoms with Crippen molar-refractivity contribution in [3.8, 4) is 16.9 Å². The van der Waals surface area contributed by atoms with E-state index in [1.165, 1.54) is 51.0 Å². The summed E-state index contributed by atoms with van der Waals surface area (Å²) in [5.41, 5.74) is 2.26. The first-order chi connectivity index (χ1) is 23.7. The van der Waals surface area contributed by atoms with Crippen molar-refractivity contribution in [1.29, 1.82) is 0 Å². The molecule has 2 aliphatic heterocycles. The highest BCUT2D eigenvalue weighted by Gasteiger charge is 2.49. The van der Waals surface area contributed by atoms with E-state index in [1.807, 2.05) is 9.80 Å². The molecule has 6 unspecified atom stereocenters. The smallest absolute Gasteiger partial charge is 0.405 e. The quantitative estimate of drug-likeness (QED) is 0.299. The maximum atomic E-state index is 13.6. The van der Waals surface area contributed by atoms with Crippen molar-refractivity contribution in [3.63, 3.8) is 0 Å². The van der Waals surface area contributed by atoms with E-state index in [4.69, 9.17) is 0 Å². The van der Waals surface area contributed by atoms with Crippen LogP contribution >= 0.6 is 0 Å². The molecule has 0 spiro atoms. The van der Waals surface area contributed by atoms with E-state index in [1.54, 1.807) is 36.4 Å². The number of hydrogen-bond donors (Lipinski definition) is 0. The van der Waals surface area contributed by atoms with Crippen LogP contribution in [0.4, 0.5) is 13.2 Å². The van der Waals surface area contributed by atoms with Crippen molar-refractivity contribution in [2.45, 2.75) is 102 Å². The lowest BCUT2D eigenvalue weighted by molar-refractivity contribution is -0.274. The van der Waals surface area contributed by atoms with Crippen LogP contribution in [0, 0.1) is 29.6 Å². The van der Waals surface area contributed by atoms with Crippen LogP contribution in [0.25, 0.3) is 11.1 Å². The third-order valence-electron chi connectivity index (χ3n) is 13.2. The number of fused-ring (bicyclic) bond motifs is 2. The van der Waals surface area contributed by atoms with Gasteiger partial charge >= 0.3 is 6.36 Å². The second-order valence-electron chi connectivity index (χ2n) is 16.0. The Bertz CT molecular complexity index is 1510. The molecule has 6 fully saturated rings. The molecule has 49 heavy (non-hydrogen) atoms. The molecule has 2 saturated heterocycles. The summed E-state index contributed by atoms with van der Waals surface area (Å²) in [6, 6.07) is 13.0. The van der Waals surface area contributed by atoms with E-state index in [2.05, 4.69) is 9.64 Å². The Morgan fingerprint density at radius 1 is 0.776 bits per heavy atom. The minimum Gasteiger partial charge on any atom is -0.405 e. The largest absolute Gasteiger partial charge is 0.573 e. The maximum absolute atomic E-state index is 13.6. The lowest BCUT2D eigenvalue weighted by Crippen LogP contribution is -2.60. The van der Waals surface area contributed by atoms with Crippen LogP contribution in [0.5, 0.6) is 5.75 Å². The standard InChI is InChI=1S/C40H50F3N3O3/c41-40(42,43)49-36-25-30(13-14-31(36)24-33-16-17-46(39(33)48)34-4-2-1-3-5-34)27-8-11-29(12-9-27)38(47)45-20-18-44(19-21-45)37-32-15-10-28-7-6-26(22-32)23-35(28)37/h8-9,11-14,25-26,28,32-35,37H,1-7,10,15-24H2. The van der Waals surface area contributed by atoms with Crippen LogP contribution in [0.2, 0.25) is 0 Å². The Hall–Kier alpha value is -3.07. The number of carbonyl (C=O) groups excluding carboxylic acids is 2. The fourth-order valence-corrected chi connectivity index (χ4v) is 10.9. The molecule has 2 aromatic carbocycles. The lowest BCUT2D eigenvalue weighted by atomic mass is 9.55. The number of benzene rings is 2. The van der Waals surface area contributed by atoms with Crippen molar-refractivity contribution < 1.29 is 27.5 Å². The van der Waals surface area contributed by atoms with Gasteiger partial charge in [-0.25, -0.2) is 0 Å². The molecule has 4 saturated carbocycles. The van der Waals surface area contributed by atoms with E-state index in [0.29, 0.717) is 41.3 Å². The Kier molecular flexibility index (Phi) is 9.17. The van der Waals surface area contributed by atoms with Gasteiger partial charge in [-0.15, -0.1) is 13.2 Å². The molecule has 2 heterocycles. The number of alkyl halides is 3. The monoisotopic (exact) mass is 677 g/mol. The third-order valence-corrected chi connectivity index (χ3v) is 13.2. The third kappa shape index (κ3) is 6.85. The molecule has 6 nitrogen and oxygen atoms in total. The molecule has 2 aromatic rings. The molecular formula is C40H50F3N3O3. The number of hydrogen-bond acceptors (Lipinski definition) is 4. The number of rotatable bonds is 7. The Morgan fingerprint density at radius 3 is 2.24 bits per heavy atom. The highest BCUT2D eigenvalue weighted by molar-refractivity contribution is 5.94. The lowest BCUT2D eigenvalue weighted by Gasteiger charge is -2.57. The SMILES string of the molecule is O=C(c1ccc(-c2ccc(CC3CCN(C4CCCCC4)C3=O)c(OC(F)(F)F)c2)cc1)N1CCN(C2C3CCC4CCC(C3)CC42)CC1. The van der Waals surface area contributed by atoms with Crippen molar-refractivity contribution >= 4 is 11.8 Å². The van der Waals surface area contributed by atoms with E-state index >= 15 is 0 Å². The highest BCUT2D eigenvalue weighted by Crippen LogP contribution is 2.54. The van der Waals surface area contributed by atoms with Gasteiger partial charge in [0, 0.05) is 56.3 Å². The van der Waals surface area contributed by atoms with E-state index in [9.17, 15) is 22.8 Å². The van der Waals surface area contributed by atoms with E-state index in [0.717, 1.165) is 75.5 Å². The summed E-state index contributed by atoms with van der Waals surface area (Å²) in [5.74, 6) is 2.97. The molecule has 9 heteroatoms. The summed E-state index contributed by atoms with van der Waals surface area (Å²) >= 11 is 0. The summed E-state index contributed by atoms with van der Waals surface area (Å²) in [6.45, 7) is 3.99. The summed E-state index contributed by atoms with van der Waals surface area (Å²) in [7, 11) is 0. The molecule has 6 aliphatic rings. The van der Waals surface area contributed by atoms with E-state index in [-0.39, 0.29) is 35.9 Å². The van der Waals surface area contributed by atoms with Gasteiger partial charge in [0.1, 0.15) is 5.75 Å². The zero-order chi connectivity index (χ0) is 33.7. The molecule has 264 valence electrons. The second kappa shape index (κ2) is 13.6. The molecule has 6 atom stereocenters. The van der Waals surface area contributed by atoms with Crippen molar-refractivity contribution in [3.05, 3.63) is 53.6 Å². The van der Waals surface area contributed by atoms with Crippen molar-refractivity contribution in [1.82, 2.24) is 14.7 Å². The number of amides is 2. The Balaban J connectivity index is 0.915. The minimum atomic E-state index is -4.85. The van der Waals surface area contributed by atoms with Crippen LogP contribution < -0.4 is 4.74 Å². The minimum absolute atomic E-state index is 0.00837. The van der Waals surface area contributed by atoms with E-state index < -0.39 is 6.36 Å². The Labute approximate surface area is 288 Å². The number of carbonyl (C=O) groups is 2. The van der Waals surface area contributed by atoms with Gasteiger partial charge in [0.15, 0.2) is 0 Å². The number of ether oxygens (including phenoxy) is 1. The molecule has 3 bridgehead atoms. The zero-order valence-corrected chi connectivity index (χ0v) is 28.5. The van der Waals surface area contributed by atoms with Gasteiger partial charge in [-0.3, -0.25) is 14.5 Å². The molecule has 2 amide bonds. The van der Waals surface area contributed by atoms with Crippen LogP contribution in [0.15, 0.2) is 42.5 Å². The van der Waals surface area contributed by atoms with Gasteiger partial charge < -0.3 is 14.5 Å². The summed E-state index contributed by atoms with van der Waals surface area (Å²) in [5, 5.41) is 0. The van der Waals surface area contributed by atoms with Gasteiger partial charge in [-0.1, -0.05) is 49.9 Å². The maximum Gasteiger partial charge on any atom is 0.573 e. The van der Waals surface area contributed by atoms with Crippen molar-refractivity contribution in [2.75, 3.05) is 32.7 Å². The predicted molar refractivity (Wildman–Crippen MR) is 182 cm³/mol. The highest BCUT2D eigenvalue weighted by atomic mass is 19.4.